The molecule has 0 heterocycles. The Balaban J connectivity index is 2.23. The minimum atomic E-state index is -0.264. The Kier molecular flexibility index (Phi) is 5.50. The van der Waals surface area contributed by atoms with E-state index >= 15 is 0 Å². The highest BCUT2D eigenvalue weighted by atomic mass is 19.1. The van der Waals surface area contributed by atoms with Gasteiger partial charge in [0, 0.05) is 6.54 Å². The normalized spacial score (nSPS) is 10.1. The molecule has 0 atom stereocenters. The van der Waals surface area contributed by atoms with Gasteiger partial charge in [0.15, 0.2) is 0 Å². The van der Waals surface area contributed by atoms with Crippen LogP contribution in [0.15, 0.2) is 24.3 Å². The zero-order valence-corrected chi connectivity index (χ0v) is 9.42. The Morgan fingerprint density at radius 3 is 2.62 bits per heavy atom. The first kappa shape index (κ1) is 12.6. The van der Waals surface area contributed by atoms with Crippen LogP contribution in [-0.2, 0) is 11.3 Å². The van der Waals surface area contributed by atoms with Crippen molar-refractivity contribution in [3.63, 3.8) is 0 Å². The van der Waals surface area contributed by atoms with Crippen LogP contribution in [-0.4, -0.2) is 19.0 Å². The highest BCUT2D eigenvalue weighted by molar-refractivity contribution is 5.77. The number of rotatable bonds is 6. The Labute approximate surface area is 95.0 Å². The van der Waals surface area contributed by atoms with Crippen molar-refractivity contribution in [2.24, 2.45) is 0 Å². The smallest absolute Gasteiger partial charge is 0.234 e. The highest BCUT2D eigenvalue weighted by Gasteiger charge is 2.00. The van der Waals surface area contributed by atoms with Crippen molar-refractivity contribution in [2.75, 3.05) is 13.1 Å². The van der Waals surface area contributed by atoms with E-state index in [1.165, 1.54) is 12.1 Å². The Morgan fingerprint density at radius 2 is 2.00 bits per heavy atom. The molecular formula is C12H17FN2O. The van der Waals surface area contributed by atoms with Crippen LogP contribution < -0.4 is 10.6 Å². The summed E-state index contributed by atoms with van der Waals surface area (Å²) in [5.41, 5.74) is 0.894. The summed E-state index contributed by atoms with van der Waals surface area (Å²) in [4.78, 5) is 11.3. The van der Waals surface area contributed by atoms with Gasteiger partial charge < -0.3 is 10.6 Å². The number of carbonyl (C=O) groups is 1. The van der Waals surface area contributed by atoms with Crippen LogP contribution in [0.5, 0.6) is 0 Å². The van der Waals surface area contributed by atoms with Gasteiger partial charge >= 0.3 is 0 Å². The summed E-state index contributed by atoms with van der Waals surface area (Å²) in [6, 6.07) is 6.10. The third kappa shape index (κ3) is 4.89. The second-order valence-corrected chi connectivity index (χ2v) is 3.58. The Morgan fingerprint density at radius 1 is 1.31 bits per heavy atom. The molecule has 16 heavy (non-hydrogen) atoms. The fourth-order valence-corrected chi connectivity index (χ4v) is 1.24. The number of amides is 1. The molecule has 0 fully saturated rings. The summed E-state index contributed by atoms with van der Waals surface area (Å²) in [5.74, 6) is -0.308. The molecule has 88 valence electrons. The summed E-state index contributed by atoms with van der Waals surface area (Å²) in [7, 11) is 0. The van der Waals surface area contributed by atoms with Gasteiger partial charge in [-0.3, -0.25) is 4.79 Å². The Bertz CT molecular complexity index is 324. The van der Waals surface area contributed by atoms with Crippen LogP contribution in [0.3, 0.4) is 0 Å². The quantitative estimate of drug-likeness (QED) is 0.718. The molecular weight excluding hydrogens is 207 g/mol. The van der Waals surface area contributed by atoms with E-state index in [1.54, 1.807) is 12.1 Å². The number of hydrogen-bond acceptors (Lipinski definition) is 2. The van der Waals surface area contributed by atoms with Gasteiger partial charge in [0.05, 0.1) is 6.54 Å². The molecule has 0 unspecified atom stereocenters. The zero-order chi connectivity index (χ0) is 11.8. The molecule has 1 rings (SSSR count). The maximum atomic E-state index is 12.6. The number of nitrogens with one attached hydrogen (secondary N) is 2. The molecule has 0 radical (unpaired) electrons. The van der Waals surface area contributed by atoms with Crippen LogP contribution in [0.25, 0.3) is 0 Å². The summed E-state index contributed by atoms with van der Waals surface area (Å²) in [5, 5.41) is 5.76. The molecule has 0 saturated carbocycles. The molecule has 1 aromatic rings. The third-order valence-electron chi connectivity index (χ3n) is 2.12. The molecule has 0 saturated heterocycles. The highest BCUT2D eigenvalue weighted by Crippen LogP contribution is 2.01. The van der Waals surface area contributed by atoms with Crippen molar-refractivity contribution in [1.82, 2.24) is 10.6 Å². The molecule has 0 aliphatic rings. The van der Waals surface area contributed by atoms with Gasteiger partial charge in [-0.1, -0.05) is 19.1 Å². The van der Waals surface area contributed by atoms with Gasteiger partial charge in [-0.15, -0.1) is 0 Å². The Hall–Kier alpha value is -1.42. The summed E-state index contributed by atoms with van der Waals surface area (Å²) >= 11 is 0. The molecule has 0 spiro atoms. The molecule has 1 amide bonds. The third-order valence-corrected chi connectivity index (χ3v) is 2.12. The molecule has 3 nitrogen and oxygen atoms in total. The minimum Gasteiger partial charge on any atom is -0.351 e. The largest absolute Gasteiger partial charge is 0.351 e. The fraction of sp³-hybridized carbons (Fsp3) is 0.417. The van der Waals surface area contributed by atoms with E-state index in [9.17, 15) is 9.18 Å². The van der Waals surface area contributed by atoms with Crippen molar-refractivity contribution in [3.8, 4) is 0 Å². The van der Waals surface area contributed by atoms with Gasteiger partial charge in [-0.05, 0) is 30.7 Å². The van der Waals surface area contributed by atoms with E-state index in [-0.39, 0.29) is 11.7 Å². The average molecular weight is 224 g/mol. The first-order valence-electron chi connectivity index (χ1n) is 5.44. The zero-order valence-electron chi connectivity index (χ0n) is 9.42. The van der Waals surface area contributed by atoms with Gasteiger partial charge in [0.2, 0.25) is 5.91 Å². The standard InChI is InChI=1S/C12H17FN2O/c1-2-7-14-9-12(16)15-8-10-3-5-11(13)6-4-10/h3-6,14H,2,7-9H2,1H3,(H,15,16). The summed E-state index contributed by atoms with van der Waals surface area (Å²) in [6.45, 7) is 3.65. The molecule has 2 N–H and O–H groups in total. The van der Waals surface area contributed by atoms with Crippen molar-refractivity contribution >= 4 is 5.91 Å². The maximum Gasteiger partial charge on any atom is 0.234 e. The average Bonchev–Trinajstić information content (AvgIpc) is 2.29. The van der Waals surface area contributed by atoms with Crippen LogP contribution in [0.1, 0.15) is 18.9 Å². The second kappa shape index (κ2) is 6.95. The van der Waals surface area contributed by atoms with Gasteiger partial charge in [-0.2, -0.15) is 0 Å². The molecule has 4 heteroatoms. The lowest BCUT2D eigenvalue weighted by atomic mass is 10.2. The van der Waals surface area contributed by atoms with Gasteiger partial charge in [-0.25, -0.2) is 4.39 Å². The van der Waals surface area contributed by atoms with Crippen LogP contribution >= 0.6 is 0 Å². The number of halogens is 1. The minimum absolute atomic E-state index is 0.0437. The predicted octanol–water partition coefficient (Wildman–Crippen LogP) is 1.44. The lowest BCUT2D eigenvalue weighted by Crippen LogP contribution is -2.33. The molecule has 0 aliphatic carbocycles. The first-order chi connectivity index (χ1) is 7.72. The SMILES string of the molecule is CCCNCC(=O)NCc1ccc(F)cc1. The van der Waals surface area contributed by atoms with Crippen LogP contribution in [0.4, 0.5) is 4.39 Å². The van der Waals surface area contributed by atoms with Gasteiger partial charge in [0.1, 0.15) is 5.82 Å². The number of hydrogen-bond donors (Lipinski definition) is 2. The van der Waals surface area contributed by atoms with E-state index in [0.29, 0.717) is 13.1 Å². The fourth-order valence-electron chi connectivity index (χ4n) is 1.24. The van der Waals surface area contributed by atoms with Crippen molar-refractivity contribution < 1.29 is 9.18 Å². The van der Waals surface area contributed by atoms with Crippen LogP contribution in [0.2, 0.25) is 0 Å². The molecule has 1 aromatic carbocycles. The van der Waals surface area contributed by atoms with Crippen LogP contribution in [0, 0.1) is 5.82 Å². The van der Waals surface area contributed by atoms with Gasteiger partial charge in [0.25, 0.3) is 0 Å². The lowest BCUT2D eigenvalue weighted by Gasteiger charge is -2.06. The van der Waals surface area contributed by atoms with Crippen molar-refractivity contribution in [2.45, 2.75) is 19.9 Å². The topological polar surface area (TPSA) is 41.1 Å². The summed E-state index contributed by atoms with van der Waals surface area (Å²) < 4.78 is 12.6. The monoisotopic (exact) mass is 224 g/mol. The second-order valence-electron chi connectivity index (χ2n) is 3.58. The molecule has 0 aliphatic heterocycles. The molecule has 0 bridgehead atoms. The predicted molar refractivity (Wildman–Crippen MR) is 61.4 cm³/mol. The van der Waals surface area contributed by atoms with E-state index in [2.05, 4.69) is 10.6 Å². The maximum absolute atomic E-state index is 12.6. The van der Waals surface area contributed by atoms with E-state index < -0.39 is 0 Å². The van der Waals surface area contributed by atoms with Crippen molar-refractivity contribution in [3.05, 3.63) is 35.6 Å². The lowest BCUT2D eigenvalue weighted by molar-refractivity contribution is -0.120. The van der Waals surface area contributed by atoms with E-state index in [1.807, 2.05) is 6.92 Å². The summed E-state index contributed by atoms with van der Waals surface area (Å²) in [6.07, 6.45) is 1.01. The van der Waals surface area contributed by atoms with Crippen molar-refractivity contribution in [1.29, 1.82) is 0 Å². The first-order valence-corrected chi connectivity index (χ1v) is 5.44. The van der Waals surface area contributed by atoms with E-state index in [0.717, 1.165) is 18.5 Å². The number of carbonyl (C=O) groups excluding carboxylic acids is 1. The van der Waals surface area contributed by atoms with E-state index in [4.69, 9.17) is 0 Å². The molecule has 0 aromatic heterocycles. The number of benzene rings is 1.